The molecule has 0 amide bonds. The van der Waals surface area contributed by atoms with E-state index < -0.39 is 0 Å². The zero-order chi connectivity index (χ0) is 20.6. The maximum Gasteiger partial charge on any atom is 0.310 e. The lowest BCUT2D eigenvalue weighted by molar-refractivity contribution is -0.146. The second-order valence-electron chi connectivity index (χ2n) is 9.22. The number of hydrogen-bond donors (Lipinski definition) is 1. The lowest BCUT2D eigenvalue weighted by Crippen LogP contribution is -2.45. The molecule has 158 valence electrons. The standard InChI is InChI=1S/C24H33NO4/c1-15-6-5-9-24(2)12-22-17(11-19(15)24)18(23(26)29-22)14-25-13-16-7-8-20(27-3)21(10-16)28-4/h7-8,10,17-19,22,25H,1,5-6,9,11-14H2,2-4H3/t17-,18?,19?,22-,24-/m1/s1. The highest BCUT2D eigenvalue weighted by Crippen LogP contribution is 2.56. The minimum atomic E-state index is -0.0700. The van der Waals surface area contributed by atoms with Gasteiger partial charge in [0.25, 0.3) is 0 Å². The Morgan fingerprint density at radius 1 is 1.28 bits per heavy atom. The van der Waals surface area contributed by atoms with Crippen molar-refractivity contribution in [3.63, 3.8) is 0 Å². The predicted octanol–water partition coefficient (Wildman–Crippen LogP) is 4.11. The van der Waals surface area contributed by atoms with E-state index in [-0.39, 0.29) is 23.4 Å². The molecule has 0 bridgehead atoms. The van der Waals surface area contributed by atoms with Crippen molar-refractivity contribution in [1.82, 2.24) is 5.32 Å². The molecule has 5 heteroatoms. The Bertz CT molecular complexity index is 791. The van der Waals surface area contributed by atoms with Crippen LogP contribution in [0.2, 0.25) is 0 Å². The summed E-state index contributed by atoms with van der Waals surface area (Å²) in [5, 5.41) is 3.47. The molecule has 1 N–H and O–H groups in total. The van der Waals surface area contributed by atoms with Crippen molar-refractivity contribution in [3.8, 4) is 11.5 Å². The number of ether oxygens (including phenoxy) is 3. The molecule has 3 aliphatic rings. The van der Waals surface area contributed by atoms with E-state index in [0.717, 1.165) is 36.3 Å². The molecule has 0 aromatic heterocycles. The summed E-state index contributed by atoms with van der Waals surface area (Å²) in [5.74, 6) is 2.16. The summed E-state index contributed by atoms with van der Waals surface area (Å²) in [4.78, 5) is 12.6. The van der Waals surface area contributed by atoms with Gasteiger partial charge in [-0.1, -0.05) is 25.1 Å². The maximum absolute atomic E-state index is 12.6. The highest BCUT2D eigenvalue weighted by molar-refractivity contribution is 5.75. The molecule has 3 fully saturated rings. The number of allylic oxidation sites excluding steroid dienone is 1. The van der Waals surface area contributed by atoms with Gasteiger partial charge < -0.3 is 19.5 Å². The summed E-state index contributed by atoms with van der Waals surface area (Å²) >= 11 is 0. The molecule has 5 atom stereocenters. The first-order chi connectivity index (χ1) is 13.9. The van der Waals surface area contributed by atoms with Crippen LogP contribution in [0.25, 0.3) is 0 Å². The van der Waals surface area contributed by atoms with E-state index in [2.05, 4.69) is 18.8 Å². The van der Waals surface area contributed by atoms with Gasteiger partial charge in [-0.05, 0) is 61.1 Å². The number of fused-ring (bicyclic) bond motifs is 2. The lowest BCUT2D eigenvalue weighted by Gasteiger charge is -2.50. The van der Waals surface area contributed by atoms with Crippen LogP contribution in [0.4, 0.5) is 0 Å². The Kier molecular flexibility index (Phi) is 5.60. The first kappa shape index (κ1) is 20.3. The monoisotopic (exact) mass is 399 g/mol. The van der Waals surface area contributed by atoms with E-state index >= 15 is 0 Å². The van der Waals surface area contributed by atoms with Crippen molar-refractivity contribution >= 4 is 5.97 Å². The van der Waals surface area contributed by atoms with E-state index in [4.69, 9.17) is 14.2 Å². The first-order valence-electron chi connectivity index (χ1n) is 10.7. The molecule has 5 nitrogen and oxygen atoms in total. The zero-order valence-electron chi connectivity index (χ0n) is 17.8. The molecule has 1 heterocycles. The summed E-state index contributed by atoms with van der Waals surface area (Å²) in [6.07, 6.45) is 5.66. The van der Waals surface area contributed by atoms with Gasteiger partial charge in [-0.3, -0.25) is 4.79 Å². The third-order valence-electron chi connectivity index (χ3n) is 7.46. The van der Waals surface area contributed by atoms with Gasteiger partial charge in [0.1, 0.15) is 6.10 Å². The van der Waals surface area contributed by atoms with Gasteiger partial charge in [0, 0.05) is 19.0 Å². The summed E-state index contributed by atoms with van der Waals surface area (Å²) < 4.78 is 16.5. The van der Waals surface area contributed by atoms with Crippen LogP contribution in [0.5, 0.6) is 11.5 Å². The van der Waals surface area contributed by atoms with Crippen LogP contribution in [-0.2, 0) is 16.1 Å². The summed E-state index contributed by atoms with van der Waals surface area (Å²) in [6, 6.07) is 5.90. The molecule has 4 rings (SSSR count). The van der Waals surface area contributed by atoms with Crippen molar-refractivity contribution in [2.24, 2.45) is 23.2 Å². The number of hydrogen-bond acceptors (Lipinski definition) is 5. The summed E-state index contributed by atoms with van der Waals surface area (Å²) in [7, 11) is 3.27. The molecule has 0 spiro atoms. The normalized spacial score (nSPS) is 33.6. The Hall–Kier alpha value is -2.01. The number of benzene rings is 1. The van der Waals surface area contributed by atoms with Gasteiger partial charge in [0.2, 0.25) is 0 Å². The van der Waals surface area contributed by atoms with Gasteiger partial charge in [-0.2, -0.15) is 0 Å². The molecule has 0 radical (unpaired) electrons. The molecular weight excluding hydrogens is 366 g/mol. The average Bonchev–Trinajstić information content (AvgIpc) is 3.00. The fraction of sp³-hybridized carbons (Fsp3) is 0.625. The fourth-order valence-electron chi connectivity index (χ4n) is 5.85. The van der Waals surface area contributed by atoms with Gasteiger partial charge >= 0.3 is 5.97 Å². The highest BCUT2D eigenvalue weighted by Gasteiger charge is 2.54. The van der Waals surface area contributed by atoms with E-state index in [0.29, 0.717) is 24.9 Å². The highest BCUT2D eigenvalue weighted by atomic mass is 16.6. The molecule has 2 saturated carbocycles. The molecule has 1 saturated heterocycles. The SMILES string of the molecule is C=C1CCC[C@]2(C)C[C@H]3OC(=O)C(CNCc4ccc(OC)c(OC)c4)[C@H]3CC12. The minimum absolute atomic E-state index is 0.0346. The fourth-order valence-corrected chi connectivity index (χ4v) is 5.85. The van der Waals surface area contributed by atoms with Crippen LogP contribution in [0.3, 0.4) is 0 Å². The smallest absolute Gasteiger partial charge is 0.310 e. The molecule has 1 aromatic carbocycles. The van der Waals surface area contributed by atoms with Gasteiger partial charge in [-0.25, -0.2) is 0 Å². The van der Waals surface area contributed by atoms with E-state index in [9.17, 15) is 4.79 Å². The topological polar surface area (TPSA) is 56.8 Å². The third kappa shape index (κ3) is 3.77. The Morgan fingerprint density at radius 2 is 2.07 bits per heavy atom. The molecule has 1 aromatic rings. The van der Waals surface area contributed by atoms with Crippen molar-refractivity contribution in [2.75, 3.05) is 20.8 Å². The van der Waals surface area contributed by atoms with Crippen molar-refractivity contribution in [1.29, 1.82) is 0 Å². The number of esters is 1. The molecule has 2 unspecified atom stereocenters. The Morgan fingerprint density at radius 3 is 2.83 bits per heavy atom. The number of methoxy groups -OCH3 is 2. The van der Waals surface area contributed by atoms with Crippen LogP contribution < -0.4 is 14.8 Å². The van der Waals surface area contributed by atoms with Gasteiger partial charge in [-0.15, -0.1) is 0 Å². The Labute approximate surface area is 173 Å². The lowest BCUT2D eigenvalue weighted by atomic mass is 9.55. The van der Waals surface area contributed by atoms with Crippen LogP contribution in [-0.4, -0.2) is 32.8 Å². The van der Waals surface area contributed by atoms with Crippen LogP contribution in [0.1, 0.15) is 44.6 Å². The van der Waals surface area contributed by atoms with Crippen molar-refractivity contribution in [2.45, 2.75) is 51.7 Å². The Balaban J connectivity index is 1.39. The quantitative estimate of drug-likeness (QED) is 0.576. The largest absolute Gasteiger partial charge is 0.493 e. The second kappa shape index (κ2) is 8.02. The second-order valence-corrected chi connectivity index (χ2v) is 9.22. The molecule has 1 aliphatic heterocycles. The average molecular weight is 400 g/mol. The summed E-state index contributed by atoms with van der Waals surface area (Å²) in [6.45, 7) is 8.06. The zero-order valence-corrected chi connectivity index (χ0v) is 17.8. The van der Waals surface area contributed by atoms with Gasteiger partial charge in [0.05, 0.1) is 20.1 Å². The van der Waals surface area contributed by atoms with E-state index in [1.165, 1.54) is 18.4 Å². The summed E-state index contributed by atoms with van der Waals surface area (Å²) in [5.41, 5.74) is 2.73. The number of carbonyl (C=O) groups excluding carboxylic acids is 1. The first-order valence-corrected chi connectivity index (χ1v) is 10.7. The van der Waals surface area contributed by atoms with Crippen molar-refractivity contribution < 1.29 is 19.0 Å². The van der Waals surface area contributed by atoms with Crippen molar-refractivity contribution in [3.05, 3.63) is 35.9 Å². The number of rotatable bonds is 6. The number of carbonyl (C=O) groups is 1. The molecule has 2 aliphatic carbocycles. The predicted molar refractivity (Wildman–Crippen MR) is 112 cm³/mol. The van der Waals surface area contributed by atoms with Gasteiger partial charge in [0.15, 0.2) is 11.5 Å². The molecular formula is C24H33NO4. The molecule has 29 heavy (non-hydrogen) atoms. The third-order valence-corrected chi connectivity index (χ3v) is 7.46. The number of nitrogens with one attached hydrogen (secondary N) is 1. The minimum Gasteiger partial charge on any atom is -0.493 e. The van der Waals surface area contributed by atoms with Crippen LogP contribution >= 0.6 is 0 Å². The van der Waals surface area contributed by atoms with E-state index in [1.54, 1.807) is 14.2 Å². The van der Waals surface area contributed by atoms with Crippen LogP contribution in [0, 0.1) is 23.2 Å². The maximum atomic E-state index is 12.6. The van der Waals surface area contributed by atoms with Crippen LogP contribution in [0.15, 0.2) is 30.4 Å². The van der Waals surface area contributed by atoms with E-state index in [1.807, 2.05) is 18.2 Å².